The van der Waals surface area contributed by atoms with E-state index in [9.17, 15) is 14.4 Å². The summed E-state index contributed by atoms with van der Waals surface area (Å²) in [5.41, 5.74) is 2.59. The molecule has 0 aliphatic carbocycles. The van der Waals surface area contributed by atoms with Crippen molar-refractivity contribution in [1.82, 2.24) is 10.4 Å². The molecule has 1 atom stereocenters. The summed E-state index contributed by atoms with van der Waals surface area (Å²) in [7, 11) is 0. The number of nitrogens with zero attached hydrogens (tertiary/aromatic N) is 1. The molecule has 0 spiro atoms. The minimum Gasteiger partial charge on any atom is -0.493 e. The summed E-state index contributed by atoms with van der Waals surface area (Å²) >= 11 is 0. The van der Waals surface area contributed by atoms with Gasteiger partial charge in [0.05, 0.1) is 18.6 Å². The predicted molar refractivity (Wildman–Crippen MR) is 201 cm³/mol. The van der Waals surface area contributed by atoms with Gasteiger partial charge in [0.1, 0.15) is 29.7 Å². The van der Waals surface area contributed by atoms with Crippen molar-refractivity contribution in [3.05, 3.63) is 83.9 Å². The number of hydroxylamine groups is 2. The fourth-order valence-electron chi connectivity index (χ4n) is 5.45. The number of carbonyl (C=O) groups is 3. The maximum atomic E-state index is 13.4. The van der Waals surface area contributed by atoms with E-state index >= 15 is 0 Å². The summed E-state index contributed by atoms with van der Waals surface area (Å²) in [4.78, 5) is 43.8. The van der Waals surface area contributed by atoms with Crippen LogP contribution in [0.2, 0.25) is 0 Å². The van der Waals surface area contributed by atoms with Crippen LogP contribution in [0.1, 0.15) is 99.1 Å². The molecule has 3 aromatic carbocycles. The predicted octanol–water partition coefficient (Wildman–Crippen LogP) is 8.48. The van der Waals surface area contributed by atoms with Gasteiger partial charge in [0.15, 0.2) is 0 Å². The van der Waals surface area contributed by atoms with Crippen molar-refractivity contribution >= 4 is 18.3 Å². The van der Waals surface area contributed by atoms with E-state index in [1.165, 1.54) is 0 Å². The van der Waals surface area contributed by atoms with Crippen LogP contribution in [0.15, 0.2) is 72.8 Å². The fraction of sp³-hybridized carbons (Fsp3) is 0.500. The second kappa shape index (κ2) is 18.7. The van der Waals surface area contributed by atoms with Gasteiger partial charge in [-0.05, 0) is 95.4 Å². The molecule has 0 heterocycles. The molecule has 278 valence electrons. The quantitative estimate of drug-likeness (QED) is 0.0579. The van der Waals surface area contributed by atoms with Crippen molar-refractivity contribution in [2.45, 2.75) is 118 Å². The molecule has 3 rings (SSSR count). The third-order valence-corrected chi connectivity index (χ3v) is 7.99. The van der Waals surface area contributed by atoms with E-state index in [-0.39, 0.29) is 11.8 Å². The van der Waals surface area contributed by atoms with Gasteiger partial charge in [0.2, 0.25) is 12.3 Å². The Hall–Kier alpha value is -4.37. The average Bonchev–Trinajstić information content (AvgIpc) is 3.07. The minimum absolute atomic E-state index is 0.257. The Morgan fingerprint density at radius 3 is 2.06 bits per heavy atom. The Morgan fingerprint density at radius 1 is 0.824 bits per heavy atom. The summed E-state index contributed by atoms with van der Waals surface area (Å²) < 4.78 is 18.2. The monoisotopic (exact) mass is 702 g/mol. The van der Waals surface area contributed by atoms with Gasteiger partial charge in [0.25, 0.3) is 0 Å². The number of nitrogens with one attached hydrogen (secondary N) is 1. The smallest absolute Gasteiger partial charge is 0.309 e. The lowest BCUT2D eigenvalue weighted by Crippen LogP contribution is -2.51. The van der Waals surface area contributed by atoms with Crippen molar-refractivity contribution in [2.75, 3.05) is 13.2 Å². The van der Waals surface area contributed by atoms with Crippen molar-refractivity contribution in [3.8, 4) is 22.6 Å². The first kappa shape index (κ1) is 41.1. The number of amides is 2. The summed E-state index contributed by atoms with van der Waals surface area (Å²) in [6.07, 6.45) is 3.43. The van der Waals surface area contributed by atoms with E-state index in [0.717, 1.165) is 64.5 Å². The zero-order chi connectivity index (χ0) is 37.7. The Labute approximate surface area is 305 Å². The molecule has 3 aromatic rings. The minimum atomic E-state index is -1.18. The molecular formula is C42H58N2O7. The Bertz CT molecular complexity index is 1540. The lowest BCUT2D eigenvalue weighted by molar-refractivity contribution is -0.233. The molecule has 51 heavy (non-hydrogen) atoms. The van der Waals surface area contributed by atoms with E-state index < -0.39 is 29.1 Å². The maximum Gasteiger partial charge on any atom is 0.309 e. The van der Waals surface area contributed by atoms with Crippen LogP contribution in [0.5, 0.6) is 11.5 Å². The number of hydrogen-bond acceptors (Lipinski definition) is 7. The first-order valence-electron chi connectivity index (χ1n) is 17.9. The summed E-state index contributed by atoms with van der Waals surface area (Å²) in [5, 5.41) is 3.87. The Balaban J connectivity index is 1.61. The highest BCUT2D eigenvalue weighted by Gasteiger charge is 2.34. The van der Waals surface area contributed by atoms with Gasteiger partial charge in [-0.3, -0.25) is 19.2 Å². The zero-order valence-corrected chi connectivity index (χ0v) is 32.0. The SMILES string of the molecule is CCc1cc(-c2ccccc2)c(OCc2ccccc2)cc1OCCCCC(C)(C)CNC(=O)C(CC(=O)OC(C)(C)C)N(C=O)OC(C)(C)C. The number of esters is 1. The highest BCUT2D eigenvalue weighted by molar-refractivity contribution is 5.88. The van der Waals surface area contributed by atoms with Crippen LogP contribution in [0.4, 0.5) is 0 Å². The molecule has 1 N–H and O–H groups in total. The highest BCUT2D eigenvalue weighted by Crippen LogP contribution is 2.37. The number of rotatable bonds is 19. The molecule has 0 bridgehead atoms. The number of benzene rings is 3. The molecule has 0 radical (unpaired) electrons. The summed E-state index contributed by atoms with van der Waals surface area (Å²) in [6.45, 7) is 18.2. The average molecular weight is 703 g/mol. The van der Waals surface area contributed by atoms with Crippen LogP contribution < -0.4 is 14.8 Å². The van der Waals surface area contributed by atoms with Gasteiger partial charge in [-0.25, -0.2) is 5.06 Å². The van der Waals surface area contributed by atoms with Gasteiger partial charge < -0.3 is 19.5 Å². The van der Waals surface area contributed by atoms with Crippen molar-refractivity contribution in [3.63, 3.8) is 0 Å². The molecule has 2 amide bonds. The molecule has 0 fully saturated rings. The van der Waals surface area contributed by atoms with E-state index in [4.69, 9.17) is 19.0 Å². The molecule has 9 nitrogen and oxygen atoms in total. The number of carbonyl (C=O) groups excluding carboxylic acids is 3. The van der Waals surface area contributed by atoms with Crippen molar-refractivity contribution < 1.29 is 33.4 Å². The number of unbranched alkanes of at least 4 members (excludes halogenated alkanes) is 1. The second-order valence-electron chi connectivity index (χ2n) is 15.6. The fourth-order valence-corrected chi connectivity index (χ4v) is 5.45. The van der Waals surface area contributed by atoms with Gasteiger partial charge >= 0.3 is 5.97 Å². The summed E-state index contributed by atoms with van der Waals surface area (Å²) in [6, 6.07) is 23.4. The lowest BCUT2D eigenvalue weighted by atomic mass is 9.87. The molecule has 9 heteroatoms. The number of hydrogen-bond donors (Lipinski definition) is 1. The van der Waals surface area contributed by atoms with Crippen LogP contribution in [0.3, 0.4) is 0 Å². The molecule has 0 aliphatic heterocycles. The van der Waals surface area contributed by atoms with Gasteiger partial charge in [-0.2, -0.15) is 0 Å². The highest BCUT2D eigenvalue weighted by atomic mass is 16.7. The van der Waals surface area contributed by atoms with E-state index in [1.54, 1.807) is 41.5 Å². The zero-order valence-electron chi connectivity index (χ0n) is 32.0. The number of aryl methyl sites for hydroxylation is 1. The number of ether oxygens (including phenoxy) is 3. The van der Waals surface area contributed by atoms with Crippen LogP contribution in [-0.2, 0) is 37.0 Å². The first-order valence-corrected chi connectivity index (χ1v) is 17.9. The largest absolute Gasteiger partial charge is 0.493 e. The molecule has 1 unspecified atom stereocenters. The summed E-state index contributed by atoms with van der Waals surface area (Å²) in [5.74, 6) is 0.521. The molecular weight excluding hydrogens is 644 g/mol. The van der Waals surface area contributed by atoms with Crippen molar-refractivity contribution in [1.29, 1.82) is 0 Å². The van der Waals surface area contributed by atoms with Gasteiger partial charge in [-0.1, -0.05) is 81.4 Å². The normalized spacial score (nSPS) is 12.5. The van der Waals surface area contributed by atoms with Gasteiger partial charge in [0, 0.05) is 18.2 Å². The topological polar surface area (TPSA) is 103 Å². The van der Waals surface area contributed by atoms with Crippen LogP contribution >= 0.6 is 0 Å². The van der Waals surface area contributed by atoms with Crippen molar-refractivity contribution in [2.24, 2.45) is 5.41 Å². The molecule has 0 aromatic heterocycles. The van der Waals surface area contributed by atoms with Crippen LogP contribution in [0.25, 0.3) is 11.1 Å². The van der Waals surface area contributed by atoms with Gasteiger partial charge in [-0.15, -0.1) is 0 Å². The lowest BCUT2D eigenvalue weighted by Gasteiger charge is -2.33. The van der Waals surface area contributed by atoms with E-state index in [0.29, 0.717) is 26.2 Å². The third kappa shape index (κ3) is 14.4. The standard InChI is InChI=1S/C42H58N2O7/c1-10-32-25-34(33-21-15-12-16-22-33)37(49-28-31-19-13-11-14-20-31)27-36(32)48-24-18-17-23-42(8,9)29-43-39(47)35(26-38(46)50-40(2,3)4)44(30-45)51-41(5,6)7/h11-16,19-22,25,27,30,35H,10,17-18,23-24,26,28-29H2,1-9H3,(H,43,47). The second-order valence-corrected chi connectivity index (χ2v) is 15.6. The Morgan fingerprint density at radius 2 is 1.47 bits per heavy atom. The molecule has 0 aliphatic rings. The Kier molecular flexibility index (Phi) is 15.1. The van der Waals surface area contributed by atoms with Crippen LogP contribution in [0, 0.1) is 5.41 Å². The third-order valence-electron chi connectivity index (χ3n) is 7.99. The maximum absolute atomic E-state index is 13.4. The molecule has 0 saturated carbocycles. The van der Waals surface area contributed by atoms with Crippen LogP contribution in [-0.4, -0.2) is 53.7 Å². The first-order chi connectivity index (χ1) is 24.0. The molecule has 0 saturated heterocycles. The van der Waals surface area contributed by atoms with E-state index in [1.807, 2.05) is 42.5 Å². The van der Waals surface area contributed by atoms with E-state index in [2.05, 4.69) is 56.4 Å².